The first-order chi connectivity index (χ1) is 11.7. The summed E-state index contributed by atoms with van der Waals surface area (Å²) in [6, 6.07) is 12.3. The Morgan fingerprint density at radius 2 is 1.60 bits per heavy atom. The molecule has 0 fully saturated rings. The Hall–Kier alpha value is -1.99. The summed E-state index contributed by atoms with van der Waals surface area (Å²) in [4.78, 5) is 25.3. The SMILES string of the molecule is CCOC(=O)C(C(=O)c1ccc(S(C)(=O)=O)cc1)c1ccc(Br)cc1. The van der Waals surface area contributed by atoms with Gasteiger partial charge in [0.2, 0.25) is 0 Å². The molecule has 0 amide bonds. The Kier molecular flexibility index (Phi) is 6.13. The van der Waals surface area contributed by atoms with E-state index < -0.39 is 27.5 Å². The van der Waals surface area contributed by atoms with Crippen molar-refractivity contribution in [2.45, 2.75) is 17.7 Å². The van der Waals surface area contributed by atoms with E-state index in [4.69, 9.17) is 4.74 Å². The van der Waals surface area contributed by atoms with E-state index in [2.05, 4.69) is 15.9 Å². The lowest BCUT2D eigenvalue weighted by Gasteiger charge is -2.15. The molecular weight excluding hydrogens is 408 g/mol. The van der Waals surface area contributed by atoms with Gasteiger partial charge in [0.15, 0.2) is 15.6 Å². The van der Waals surface area contributed by atoms with Crippen LogP contribution in [-0.2, 0) is 19.4 Å². The van der Waals surface area contributed by atoms with Crippen LogP contribution in [0.4, 0.5) is 0 Å². The fraction of sp³-hybridized carbons (Fsp3) is 0.222. The van der Waals surface area contributed by atoms with Gasteiger partial charge in [0.25, 0.3) is 0 Å². The van der Waals surface area contributed by atoms with Gasteiger partial charge in [-0.15, -0.1) is 0 Å². The molecule has 2 aromatic carbocycles. The molecule has 0 saturated carbocycles. The monoisotopic (exact) mass is 424 g/mol. The normalized spacial score (nSPS) is 12.4. The van der Waals surface area contributed by atoms with Crippen molar-refractivity contribution in [2.24, 2.45) is 0 Å². The van der Waals surface area contributed by atoms with Crippen LogP contribution in [-0.4, -0.2) is 33.0 Å². The highest BCUT2D eigenvalue weighted by molar-refractivity contribution is 9.10. The van der Waals surface area contributed by atoms with Gasteiger partial charge in [-0.05, 0) is 36.8 Å². The second kappa shape index (κ2) is 7.93. The van der Waals surface area contributed by atoms with E-state index in [1.807, 2.05) is 0 Å². The largest absolute Gasteiger partial charge is 0.465 e. The maximum absolute atomic E-state index is 12.8. The van der Waals surface area contributed by atoms with Gasteiger partial charge in [-0.3, -0.25) is 9.59 Å². The molecule has 0 spiro atoms. The number of ether oxygens (including phenoxy) is 1. The summed E-state index contributed by atoms with van der Waals surface area (Å²) in [5, 5.41) is 0. The van der Waals surface area contributed by atoms with Crippen molar-refractivity contribution >= 4 is 37.5 Å². The second-order valence-electron chi connectivity index (χ2n) is 5.40. The number of esters is 1. The third-order valence-electron chi connectivity index (χ3n) is 3.55. The number of hydrogen-bond acceptors (Lipinski definition) is 5. The third kappa shape index (κ3) is 4.76. The summed E-state index contributed by atoms with van der Waals surface area (Å²) in [7, 11) is -3.36. The Morgan fingerprint density at radius 3 is 2.08 bits per heavy atom. The van der Waals surface area contributed by atoms with Gasteiger partial charge < -0.3 is 4.74 Å². The minimum atomic E-state index is -3.36. The van der Waals surface area contributed by atoms with Gasteiger partial charge in [-0.1, -0.05) is 40.2 Å². The maximum atomic E-state index is 12.8. The lowest BCUT2D eigenvalue weighted by molar-refractivity contribution is -0.143. The van der Waals surface area contributed by atoms with Crippen molar-refractivity contribution in [1.82, 2.24) is 0 Å². The zero-order valence-corrected chi connectivity index (χ0v) is 16.1. The highest BCUT2D eigenvalue weighted by atomic mass is 79.9. The first-order valence-corrected chi connectivity index (χ1v) is 10.2. The van der Waals surface area contributed by atoms with Crippen LogP contribution in [0.3, 0.4) is 0 Å². The van der Waals surface area contributed by atoms with E-state index >= 15 is 0 Å². The summed E-state index contributed by atoms with van der Waals surface area (Å²) < 4.78 is 28.9. The molecule has 7 heteroatoms. The molecule has 0 aliphatic carbocycles. The van der Waals surface area contributed by atoms with Crippen molar-refractivity contribution in [1.29, 1.82) is 0 Å². The molecule has 0 aromatic heterocycles. The lowest BCUT2D eigenvalue weighted by Crippen LogP contribution is -2.24. The standard InChI is InChI=1S/C18H17BrO5S/c1-3-24-18(21)16(12-4-8-14(19)9-5-12)17(20)13-6-10-15(11-7-13)25(2,22)23/h4-11,16H,3H2,1-2H3. The van der Waals surface area contributed by atoms with E-state index in [0.717, 1.165) is 10.7 Å². The van der Waals surface area contributed by atoms with E-state index in [1.165, 1.54) is 24.3 Å². The van der Waals surface area contributed by atoms with Gasteiger partial charge in [-0.2, -0.15) is 0 Å². The number of sulfone groups is 1. The van der Waals surface area contributed by atoms with Crippen molar-refractivity contribution < 1.29 is 22.7 Å². The Morgan fingerprint density at radius 1 is 1.04 bits per heavy atom. The molecule has 0 bridgehead atoms. The number of carbonyl (C=O) groups excluding carboxylic acids is 2. The molecule has 0 radical (unpaired) electrons. The molecule has 1 atom stereocenters. The average Bonchev–Trinajstić information content (AvgIpc) is 2.56. The van der Waals surface area contributed by atoms with Crippen molar-refractivity contribution in [3.05, 3.63) is 64.1 Å². The minimum absolute atomic E-state index is 0.111. The van der Waals surface area contributed by atoms with Crippen LogP contribution < -0.4 is 0 Å². The molecule has 132 valence electrons. The van der Waals surface area contributed by atoms with Crippen molar-refractivity contribution in [2.75, 3.05) is 12.9 Å². The van der Waals surface area contributed by atoms with Crippen LogP contribution in [0.25, 0.3) is 0 Å². The fourth-order valence-electron chi connectivity index (χ4n) is 2.31. The van der Waals surface area contributed by atoms with Gasteiger partial charge in [0.05, 0.1) is 11.5 Å². The number of halogens is 1. The van der Waals surface area contributed by atoms with Crippen LogP contribution in [0.2, 0.25) is 0 Å². The number of benzene rings is 2. The molecular formula is C18H17BrO5S. The first-order valence-electron chi connectivity index (χ1n) is 7.50. The molecule has 2 aromatic rings. The Bertz CT molecular complexity index is 871. The summed E-state index contributed by atoms with van der Waals surface area (Å²) in [6.45, 7) is 1.83. The lowest BCUT2D eigenvalue weighted by atomic mass is 9.90. The molecule has 25 heavy (non-hydrogen) atoms. The third-order valence-corrected chi connectivity index (χ3v) is 5.21. The predicted octanol–water partition coefficient (Wildman–Crippen LogP) is 3.38. The smallest absolute Gasteiger partial charge is 0.321 e. The average molecular weight is 425 g/mol. The van der Waals surface area contributed by atoms with Crippen molar-refractivity contribution in [3.8, 4) is 0 Å². The summed E-state index contributed by atoms with van der Waals surface area (Å²) in [6.07, 6.45) is 1.09. The van der Waals surface area contributed by atoms with Crippen molar-refractivity contribution in [3.63, 3.8) is 0 Å². The zero-order chi connectivity index (χ0) is 18.6. The maximum Gasteiger partial charge on any atom is 0.321 e. The predicted molar refractivity (Wildman–Crippen MR) is 97.4 cm³/mol. The summed E-state index contributed by atoms with van der Waals surface area (Å²) in [5.74, 6) is -2.18. The number of rotatable bonds is 6. The van der Waals surface area contributed by atoms with Gasteiger partial charge in [0.1, 0.15) is 5.92 Å². The first kappa shape index (κ1) is 19.3. The molecule has 0 saturated heterocycles. The molecule has 0 aliphatic heterocycles. The van der Waals surface area contributed by atoms with Crippen LogP contribution >= 0.6 is 15.9 Å². The van der Waals surface area contributed by atoms with E-state index in [1.54, 1.807) is 31.2 Å². The van der Waals surface area contributed by atoms with E-state index in [0.29, 0.717) is 5.56 Å². The minimum Gasteiger partial charge on any atom is -0.465 e. The van der Waals surface area contributed by atoms with E-state index in [-0.39, 0.29) is 17.1 Å². The summed E-state index contributed by atoms with van der Waals surface area (Å²) >= 11 is 3.31. The Balaban J connectivity index is 2.41. The molecule has 5 nitrogen and oxygen atoms in total. The molecule has 0 heterocycles. The second-order valence-corrected chi connectivity index (χ2v) is 8.33. The van der Waals surface area contributed by atoms with Crippen LogP contribution in [0.1, 0.15) is 28.8 Å². The fourth-order valence-corrected chi connectivity index (χ4v) is 3.20. The number of carbonyl (C=O) groups is 2. The molecule has 2 rings (SSSR count). The van der Waals surface area contributed by atoms with Gasteiger partial charge >= 0.3 is 5.97 Å². The number of ketones is 1. The summed E-state index contributed by atoms with van der Waals surface area (Å²) in [5.41, 5.74) is 0.757. The van der Waals surface area contributed by atoms with E-state index in [9.17, 15) is 18.0 Å². The topological polar surface area (TPSA) is 77.5 Å². The van der Waals surface area contributed by atoms with Gasteiger partial charge in [0, 0.05) is 16.3 Å². The Labute approximate surface area is 155 Å². The number of hydrogen-bond donors (Lipinski definition) is 0. The molecule has 1 unspecified atom stereocenters. The van der Waals surface area contributed by atoms with Gasteiger partial charge in [-0.25, -0.2) is 8.42 Å². The van der Waals surface area contributed by atoms with Crippen LogP contribution in [0.15, 0.2) is 57.9 Å². The zero-order valence-electron chi connectivity index (χ0n) is 13.7. The molecule has 0 N–H and O–H groups in total. The highest BCUT2D eigenvalue weighted by Gasteiger charge is 2.30. The van der Waals surface area contributed by atoms with Crippen LogP contribution in [0, 0.1) is 0 Å². The molecule has 0 aliphatic rings. The highest BCUT2D eigenvalue weighted by Crippen LogP contribution is 2.25. The number of Topliss-reactive ketones (excluding diaryl/α,β-unsaturated/α-hetero) is 1. The van der Waals surface area contributed by atoms with Crippen LogP contribution in [0.5, 0.6) is 0 Å². The quantitative estimate of drug-likeness (QED) is 0.403.